The molecule has 1 aliphatic heterocycles. The van der Waals surface area contributed by atoms with Crippen molar-refractivity contribution in [2.45, 2.75) is 45.3 Å². The summed E-state index contributed by atoms with van der Waals surface area (Å²) in [5.74, 6) is 0.683. The number of nitrogens with zero attached hydrogens (tertiary/aromatic N) is 4. The number of anilines is 1. The molecule has 0 unspecified atom stereocenters. The maximum absolute atomic E-state index is 12.2. The van der Waals surface area contributed by atoms with E-state index in [1.165, 1.54) is 12.3 Å². The molecule has 0 saturated carbocycles. The third-order valence-electron chi connectivity index (χ3n) is 3.89. The fraction of sp³-hybridized carbons (Fsp3) is 0.625. The maximum atomic E-state index is 12.2. The highest BCUT2D eigenvalue weighted by Crippen LogP contribution is 2.23. The van der Waals surface area contributed by atoms with Crippen molar-refractivity contribution < 1.29 is 14.5 Å². The molecule has 8 heteroatoms. The van der Waals surface area contributed by atoms with Crippen LogP contribution in [-0.4, -0.2) is 52.7 Å². The number of hydrogen-bond donors (Lipinski definition) is 0. The first kappa shape index (κ1) is 18.0. The lowest BCUT2D eigenvalue weighted by Gasteiger charge is -2.38. The fourth-order valence-electron chi connectivity index (χ4n) is 2.64. The predicted molar refractivity (Wildman–Crippen MR) is 90.1 cm³/mol. The minimum absolute atomic E-state index is 0.0191. The van der Waals surface area contributed by atoms with Gasteiger partial charge in [-0.1, -0.05) is 0 Å². The third kappa shape index (κ3) is 4.56. The lowest BCUT2D eigenvalue weighted by Crippen LogP contribution is -2.50. The monoisotopic (exact) mass is 336 g/mol. The zero-order chi connectivity index (χ0) is 17.9. The average Bonchev–Trinajstić information content (AvgIpc) is 2.52. The van der Waals surface area contributed by atoms with E-state index in [-0.39, 0.29) is 17.8 Å². The number of nitro groups is 1. The quantitative estimate of drug-likeness (QED) is 0.623. The Morgan fingerprint density at radius 3 is 2.71 bits per heavy atom. The number of likely N-dealkylation sites (N-methyl/N-ethyl adjacent to an activating group) is 1. The number of hydrogen-bond acceptors (Lipinski definition) is 6. The number of pyridine rings is 1. The van der Waals surface area contributed by atoms with E-state index in [9.17, 15) is 14.9 Å². The Kier molecular flexibility index (Phi) is 5.26. The molecule has 0 radical (unpaired) electrons. The Hall–Kier alpha value is -2.38. The molecular weight excluding hydrogens is 312 g/mol. The summed E-state index contributed by atoms with van der Waals surface area (Å²) in [6, 6.07) is 3.11. The summed E-state index contributed by atoms with van der Waals surface area (Å²) in [7, 11) is 1.74. The molecule has 1 aliphatic rings. The molecule has 0 aliphatic carbocycles. The molecule has 0 bridgehead atoms. The van der Waals surface area contributed by atoms with Crippen LogP contribution in [0.2, 0.25) is 0 Å². The number of carbonyl (C=O) groups is 1. The van der Waals surface area contributed by atoms with Gasteiger partial charge in [0.25, 0.3) is 5.69 Å². The van der Waals surface area contributed by atoms with Crippen LogP contribution in [0.4, 0.5) is 16.3 Å². The molecule has 2 rings (SSSR count). The molecule has 1 aromatic rings. The second kappa shape index (κ2) is 7.02. The molecule has 1 fully saturated rings. The first-order chi connectivity index (χ1) is 11.2. The molecule has 0 spiro atoms. The van der Waals surface area contributed by atoms with Crippen LogP contribution in [0.5, 0.6) is 0 Å². The van der Waals surface area contributed by atoms with Crippen LogP contribution in [0.15, 0.2) is 18.3 Å². The standard InChI is InChI=1S/C16H24N4O4/c1-16(2,3)24-15(21)18(4)13-6-5-9-19(11-13)14-8-7-12(10-17-14)20(22)23/h7-8,10,13H,5-6,9,11H2,1-4H3/t13-/m1/s1. The molecule has 0 aromatic carbocycles. The summed E-state index contributed by atoms with van der Waals surface area (Å²) in [5.41, 5.74) is -0.558. The van der Waals surface area contributed by atoms with Gasteiger partial charge in [-0.15, -0.1) is 0 Å². The molecule has 1 atom stereocenters. The van der Waals surface area contributed by atoms with E-state index in [0.29, 0.717) is 12.4 Å². The molecule has 8 nitrogen and oxygen atoms in total. The Morgan fingerprint density at radius 1 is 1.46 bits per heavy atom. The van der Waals surface area contributed by atoms with Crippen molar-refractivity contribution in [1.82, 2.24) is 9.88 Å². The fourth-order valence-corrected chi connectivity index (χ4v) is 2.64. The Morgan fingerprint density at radius 2 is 2.17 bits per heavy atom. The molecule has 1 aromatic heterocycles. The van der Waals surface area contributed by atoms with Crippen molar-refractivity contribution in [2.75, 3.05) is 25.0 Å². The molecule has 1 amide bonds. The Bertz CT molecular complexity index is 597. The maximum Gasteiger partial charge on any atom is 0.410 e. The lowest BCUT2D eigenvalue weighted by atomic mass is 10.0. The summed E-state index contributed by atoms with van der Waals surface area (Å²) in [6.45, 7) is 6.95. The summed E-state index contributed by atoms with van der Waals surface area (Å²) in [4.78, 5) is 30.3. The number of piperidine rings is 1. The van der Waals surface area contributed by atoms with Crippen molar-refractivity contribution in [1.29, 1.82) is 0 Å². The zero-order valence-electron chi connectivity index (χ0n) is 14.6. The minimum Gasteiger partial charge on any atom is -0.444 e. The average molecular weight is 336 g/mol. The largest absolute Gasteiger partial charge is 0.444 e. The van der Waals surface area contributed by atoms with Crippen molar-refractivity contribution in [3.05, 3.63) is 28.4 Å². The van der Waals surface area contributed by atoms with Gasteiger partial charge in [0.15, 0.2) is 0 Å². The van der Waals surface area contributed by atoms with Gasteiger partial charge in [0.1, 0.15) is 17.6 Å². The van der Waals surface area contributed by atoms with Gasteiger partial charge in [0.2, 0.25) is 0 Å². The zero-order valence-corrected chi connectivity index (χ0v) is 14.6. The van der Waals surface area contributed by atoms with E-state index < -0.39 is 10.5 Å². The van der Waals surface area contributed by atoms with Crippen LogP contribution in [0.3, 0.4) is 0 Å². The number of amides is 1. The third-order valence-corrected chi connectivity index (χ3v) is 3.89. The Labute approximate surface area is 141 Å². The minimum atomic E-state index is -0.528. The van der Waals surface area contributed by atoms with Crippen molar-refractivity contribution in [3.63, 3.8) is 0 Å². The van der Waals surface area contributed by atoms with Crippen LogP contribution in [-0.2, 0) is 4.74 Å². The van der Waals surface area contributed by atoms with Crippen LogP contribution < -0.4 is 4.90 Å². The second-order valence-corrected chi connectivity index (χ2v) is 6.97. The molecule has 0 N–H and O–H groups in total. The highest BCUT2D eigenvalue weighted by Gasteiger charge is 2.29. The molecular formula is C16H24N4O4. The SMILES string of the molecule is CN(C(=O)OC(C)(C)C)[C@@H]1CCCN(c2ccc([N+](=O)[O-])cn2)C1. The summed E-state index contributed by atoms with van der Waals surface area (Å²) in [5, 5.41) is 10.7. The van der Waals surface area contributed by atoms with Gasteiger partial charge in [0.05, 0.1) is 11.0 Å². The number of ether oxygens (including phenoxy) is 1. The predicted octanol–water partition coefficient (Wildman–Crippen LogP) is 2.83. The van der Waals surface area contributed by atoms with E-state index in [4.69, 9.17) is 4.74 Å². The molecule has 132 valence electrons. The van der Waals surface area contributed by atoms with E-state index in [1.54, 1.807) is 18.0 Å². The van der Waals surface area contributed by atoms with E-state index in [2.05, 4.69) is 4.98 Å². The van der Waals surface area contributed by atoms with Crippen molar-refractivity contribution in [2.24, 2.45) is 0 Å². The first-order valence-corrected chi connectivity index (χ1v) is 7.98. The molecule has 2 heterocycles. The number of carbonyl (C=O) groups excluding carboxylic acids is 1. The van der Waals surface area contributed by atoms with Crippen LogP contribution >= 0.6 is 0 Å². The van der Waals surface area contributed by atoms with Gasteiger partial charge in [-0.25, -0.2) is 9.78 Å². The highest BCUT2D eigenvalue weighted by molar-refractivity contribution is 5.68. The van der Waals surface area contributed by atoms with Gasteiger partial charge >= 0.3 is 6.09 Å². The van der Waals surface area contributed by atoms with E-state index >= 15 is 0 Å². The van der Waals surface area contributed by atoms with Crippen LogP contribution in [0.25, 0.3) is 0 Å². The Balaban J connectivity index is 2.03. The second-order valence-electron chi connectivity index (χ2n) is 6.97. The van der Waals surface area contributed by atoms with Gasteiger partial charge in [-0.05, 0) is 39.7 Å². The lowest BCUT2D eigenvalue weighted by molar-refractivity contribution is -0.385. The highest BCUT2D eigenvalue weighted by atomic mass is 16.6. The van der Waals surface area contributed by atoms with E-state index in [0.717, 1.165) is 19.4 Å². The van der Waals surface area contributed by atoms with Crippen molar-refractivity contribution in [3.8, 4) is 0 Å². The van der Waals surface area contributed by atoms with Gasteiger partial charge in [-0.3, -0.25) is 10.1 Å². The van der Waals surface area contributed by atoms with E-state index in [1.807, 2.05) is 25.7 Å². The number of aromatic nitrogens is 1. The van der Waals surface area contributed by atoms with Crippen LogP contribution in [0, 0.1) is 10.1 Å². The van der Waals surface area contributed by atoms with Gasteiger partial charge < -0.3 is 14.5 Å². The molecule has 1 saturated heterocycles. The van der Waals surface area contributed by atoms with Crippen LogP contribution in [0.1, 0.15) is 33.6 Å². The first-order valence-electron chi connectivity index (χ1n) is 7.98. The topological polar surface area (TPSA) is 88.8 Å². The summed E-state index contributed by atoms with van der Waals surface area (Å²) >= 11 is 0. The van der Waals surface area contributed by atoms with Gasteiger partial charge in [-0.2, -0.15) is 0 Å². The summed E-state index contributed by atoms with van der Waals surface area (Å²) < 4.78 is 5.41. The normalized spacial score (nSPS) is 18.2. The number of rotatable bonds is 3. The summed E-state index contributed by atoms with van der Waals surface area (Å²) in [6.07, 6.45) is 2.72. The smallest absolute Gasteiger partial charge is 0.410 e. The molecule has 24 heavy (non-hydrogen) atoms. The van der Waals surface area contributed by atoms with Gasteiger partial charge in [0, 0.05) is 26.2 Å². The van der Waals surface area contributed by atoms with Crippen molar-refractivity contribution >= 4 is 17.6 Å².